The number of thioether (sulfide) groups is 1. The molecular formula is C22H18N2O2S. The minimum atomic E-state index is 0.303. The van der Waals surface area contributed by atoms with Crippen LogP contribution in [0.25, 0.3) is 16.8 Å². The average molecular weight is 374 g/mol. The summed E-state index contributed by atoms with van der Waals surface area (Å²) in [5.74, 6) is 1.62. The van der Waals surface area contributed by atoms with Crippen LogP contribution in [0.2, 0.25) is 0 Å². The molecule has 0 saturated carbocycles. The van der Waals surface area contributed by atoms with E-state index in [-0.39, 0.29) is 0 Å². The minimum Gasteiger partial charge on any atom is -0.454 e. The van der Waals surface area contributed by atoms with Gasteiger partial charge < -0.3 is 14.8 Å². The quantitative estimate of drug-likeness (QED) is 0.715. The van der Waals surface area contributed by atoms with Crippen molar-refractivity contribution in [1.82, 2.24) is 5.32 Å². The van der Waals surface area contributed by atoms with Crippen molar-refractivity contribution < 1.29 is 9.47 Å². The number of rotatable bonds is 3. The van der Waals surface area contributed by atoms with E-state index in [0.717, 1.165) is 28.8 Å². The third-order valence-corrected chi connectivity index (χ3v) is 5.60. The molecule has 0 saturated heterocycles. The molecule has 5 rings (SSSR count). The van der Waals surface area contributed by atoms with Crippen LogP contribution in [0.5, 0.6) is 11.5 Å². The van der Waals surface area contributed by atoms with Gasteiger partial charge in [0.2, 0.25) is 6.79 Å². The Morgan fingerprint density at radius 1 is 1.00 bits per heavy atom. The lowest BCUT2D eigenvalue weighted by molar-refractivity contribution is 0.174. The first kappa shape index (κ1) is 16.3. The van der Waals surface area contributed by atoms with Crippen LogP contribution in [0.1, 0.15) is 11.1 Å². The highest BCUT2D eigenvalue weighted by Crippen LogP contribution is 2.33. The molecule has 4 nitrogen and oxygen atoms in total. The lowest BCUT2D eigenvalue weighted by Crippen LogP contribution is -2.17. The summed E-state index contributed by atoms with van der Waals surface area (Å²) in [6.45, 7) is 1.73. The lowest BCUT2D eigenvalue weighted by Gasteiger charge is -2.06. The number of hydrogen-bond acceptors (Lipinski definition) is 5. The maximum absolute atomic E-state index is 5.43. The Balaban J connectivity index is 1.26. The zero-order chi connectivity index (χ0) is 18.1. The van der Waals surface area contributed by atoms with Crippen LogP contribution in [-0.2, 0) is 6.54 Å². The number of benzene rings is 3. The van der Waals surface area contributed by atoms with Gasteiger partial charge in [-0.15, -0.1) is 0 Å². The molecule has 2 aliphatic heterocycles. The molecule has 0 unspecified atom stereocenters. The highest BCUT2D eigenvalue weighted by atomic mass is 32.2. The summed E-state index contributed by atoms with van der Waals surface area (Å²) < 4.78 is 10.8. The molecule has 0 atom stereocenters. The molecule has 0 aliphatic carbocycles. The van der Waals surface area contributed by atoms with Crippen LogP contribution in [-0.4, -0.2) is 18.5 Å². The van der Waals surface area contributed by atoms with E-state index in [4.69, 9.17) is 9.47 Å². The largest absolute Gasteiger partial charge is 0.454 e. The van der Waals surface area contributed by atoms with Crippen molar-refractivity contribution in [2.24, 2.45) is 4.99 Å². The molecule has 0 fully saturated rings. The zero-order valence-corrected chi connectivity index (χ0v) is 15.5. The van der Waals surface area contributed by atoms with E-state index >= 15 is 0 Å². The maximum Gasteiger partial charge on any atom is 0.231 e. The summed E-state index contributed by atoms with van der Waals surface area (Å²) in [7, 11) is 0. The van der Waals surface area contributed by atoms with Gasteiger partial charge in [0, 0.05) is 11.4 Å². The van der Waals surface area contributed by atoms with E-state index in [9.17, 15) is 0 Å². The third-order valence-electron chi connectivity index (χ3n) is 4.63. The van der Waals surface area contributed by atoms with Gasteiger partial charge in [-0.05, 0) is 40.1 Å². The second kappa shape index (κ2) is 7.00. The molecule has 27 heavy (non-hydrogen) atoms. The molecule has 0 spiro atoms. The molecule has 134 valence electrons. The first-order chi connectivity index (χ1) is 13.3. The number of amidine groups is 1. The Labute approximate surface area is 161 Å². The van der Waals surface area contributed by atoms with Crippen LogP contribution in [0, 0.1) is 0 Å². The van der Waals surface area contributed by atoms with E-state index < -0.39 is 0 Å². The topological polar surface area (TPSA) is 42.9 Å². The number of nitrogens with zero attached hydrogens (tertiary/aromatic N) is 1. The SMILES string of the molecule is C(=C1CN=C(NCc2ccc3c(c2)OCO3)S1)c1cccc2ccccc12. The van der Waals surface area contributed by atoms with Gasteiger partial charge >= 0.3 is 0 Å². The van der Waals surface area contributed by atoms with E-state index in [1.165, 1.54) is 21.2 Å². The van der Waals surface area contributed by atoms with Crippen molar-refractivity contribution >= 4 is 33.8 Å². The summed E-state index contributed by atoms with van der Waals surface area (Å²) in [5.41, 5.74) is 2.39. The lowest BCUT2D eigenvalue weighted by atomic mass is 10.0. The molecule has 3 aromatic carbocycles. The van der Waals surface area contributed by atoms with Crippen molar-refractivity contribution in [1.29, 1.82) is 0 Å². The van der Waals surface area contributed by atoms with Crippen molar-refractivity contribution in [3.05, 3.63) is 76.7 Å². The Morgan fingerprint density at radius 2 is 1.89 bits per heavy atom. The summed E-state index contributed by atoms with van der Waals surface area (Å²) in [6.07, 6.45) is 2.24. The van der Waals surface area contributed by atoms with Crippen molar-refractivity contribution in [2.45, 2.75) is 6.54 Å². The highest BCUT2D eigenvalue weighted by molar-refractivity contribution is 8.17. The van der Waals surface area contributed by atoms with E-state index in [1.54, 1.807) is 11.8 Å². The van der Waals surface area contributed by atoms with E-state index in [2.05, 4.69) is 58.8 Å². The predicted molar refractivity (Wildman–Crippen MR) is 111 cm³/mol. The first-order valence-electron chi connectivity index (χ1n) is 8.88. The van der Waals surface area contributed by atoms with Gasteiger partial charge in [0.25, 0.3) is 0 Å². The number of nitrogens with one attached hydrogen (secondary N) is 1. The second-order valence-electron chi connectivity index (χ2n) is 6.44. The van der Waals surface area contributed by atoms with Gasteiger partial charge in [0.05, 0.1) is 6.54 Å². The van der Waals surface area contributed by atoms with E-state index in [1.807, 2.05) is 18.2 Å². The Hall–Kier alpha value is -2.92. The van der Waals surface area contributed by atoms with Gasteiger partial charge in [0.1, 0.15) is 0 Å². The standard InChI is InChI=1S/C22H18N2O2S/c1-2-7-19-16(4-1)5-3-6-17(19)11-18-13-24-22(27-18)23-12-15-8-9-20-21(10-15)26-14-25-20/h1-11H,12-14H2,(H,23,24). The number of ether oxygens (including phenoxy) is 2. The molecule has 0 bridgehead atoms. The molecular weight excluding hydrogens is 356 g/mol. The van der Waals surface area contributed by atoms with Crippen LogP contribution in [0.3, 0.4) is 0 Å². The number of fused-ring (bicyclic) bond motifs is 2. The molecule has 0 aromatic heterocycles. The summed E-state index contributed by atoms with van der Waals surface area (Å²) in [4.78, 5) is 5.87. The van der Waals surface area contributed by atoms with Crippen LogP contribution < -0.4 is 14.8 Å². The highest BCUT2D eigenvalue weighted by Gasteiger charge is 2.15. The zero-order valence-electron chi connectivity index (χ0n) is 14.6. The van der Waals surface area contributed by atoms with Gasteiger partial charge in [-0.2, -0.15) is 0 Å². The monoisotopic (exact) mass is 374 g/mol. The Morgan fingerprint density at radius 3 is 2.89 bits per heavy atom. The van der Waals surface area contributed by atoms with Gasteiger partial charge in [0.15, 0.2) is 16.7 Å². The Kier molecular flexibility index (Phi) is 4.22. The maximum atomic E-state index is 5.43. The molecule has 0 radical (unpaired) electrons. The fourth-order valence-corrected chi connectivity index (χ4v) is 4.12. The summed E-state index contributed by atoms with van der Waals surface area (Å²) in [5, 5.41) is 6.91. The van der Waals surface area contributed by atoms with Gasteiger partial charge in [-0.25, -0.2) is 0 Å². The van der Waals surface area contributed by atoms with Crippen molar-refractivity contribution in [3.8, 4) is 11.5 Å². The smallest absolute Gasteiger partial charge is 0.231 e. The van der Waals surface area contributed by atoms with E-state index in [0.29, 0.717) is 13.3 Å². The van der Waals surface area contributed by atoms with Crippen molar-refractivity contribution in [3.63, 3.8) is 0 Å². The predicted octanol–water partition coefficient (Wildman–Crippen LogP) is 4.80. The summed E-state index contributed by atoms with van der Waals surface area (Å²) >= 11 is 1.70. The molecule has 2 aliphatic rings. The Bertz CT molecular complexity index is 1070. The van der Waals surface area contributed by atoms with Gasteiger partial charge in [-0.1, -0.05) is 60.3 Å². The number of hydrogen-bond donors (Lipinski definition) is 1. The molecule has 0 amide bonds. The normalized spacial score (nSPS) is 16.7. The molecule has 3 aromatic rings. The first-order valence-corrected chi connectivity index (χ1v) is 9.70. The van der Waals surface area contributed by atoms with Gasteiger partial charge in [-0.3, -0.25) is 4.99 Å². The van der Waals surface area contributed by atoms with Crippen LogP contribution >= 0.6 is 11.8 Å². The van der Waals surface area contributed by atoms with Crippen molar-refractivity contribution in [2.75, 3.05) is 13.3 Å². The minimum absolute atomic E-state index is 0.303. The van der Waals surface area contributed by atoms with Crippen LogP contribution in [0.4, 0.5) is 0 Å². The average Bonchev–Trinajstić information content (AvgIpc) is 3.35. The molecule has 1 N–H and O–H groups in total. The van der Waals surface area contributed by atoms with Crippen LogP contribution in [0.15, 0.2) is 70.6 Å². The number of aliphatic imine (C=N–C) groups is 1. The molecule has 2 heterocycles. The fraction of sp³-hybridized carbons (Fsp3) is 0.136. The second-order valence-corrected chi connectivity index (χ2v) is 7.56. The molecule has 5 heteroatoms. The third kappa shape index (κ3) is 3.38. The summed E-state index contributed by atoms with van der Waals surface area (Å²) in [6, 6.07) is 20.9. The fourth-order valence-electron chi connectivity index (χ4n) is 3.28.